The molecular formula is C20H18N4O2. The fraction of sp³-hybridized carbons (Fsp3) is 0.200. The number of carbonyl (C=O) groups excluding carboxylic acids is 1. The maximum absolute atomic E-state index is 12.9. The lowest BCUT2D eigenvalue weighted by atomic mass is 9.97. The highest BCUT2D eigenvalue weighted by Crippen LogP contribution is 2.26. The SMILES string of the molecule is COc1cc(C(=O)[C@H](C#N)c2nnc(-c3ccccc3)n2C)ccc1C. The Kier molecular flexibility index (Phi) is 4.81. The first-order valence-electron chi connectivity index (χ1n) is 8.10. The molecule has 1 aromatic heterocycles. The molecule has 0 saturated heterocycles. The molecular weight excluding hydrogens is 328 g/mol. The summed E-state index contributed by atoms with van der Waals surface area (Å²) in [4.78, 5) is 12.9. The van der Waals surface area contributed by atoms with Crippen LogP contribution in [0, 0.1) is 18.3 Å². The Morgan fingerprint density at radius 3 is 2.58 bits per heavy atom. The molecule has 0 N–H and O–H groups in total. The second-order valence-corrected chi connectivity index (χ2v) is 5.92. The normalized spacial score (nSPS) is 11.6. The zero-order chi connectivity index (χ0) is 18.7. The number of hydrogen-bond donors (Lipinski definition) is 0. The summed E-state index contributed by atoms with van der Waals surface area (Å²) >= 11 is 0. The zero-order valence-electron chi connectivity index (χ0n) is 14.8. The van der Waals surface area contributed by atoms with Gasteiger partial charge in [-0.3, -0.25) is 4.79 Å². The van der Waals surface area contributed by atoms with Gasteiger partial charge in [0.1, 0.15) is 5.75 Å². The summed E-state index contributed by atoms with van der Waals surface area (Å²) in [7, 11) is 3.30. The molecule has 2 aromatic carbocycles. The number of ketones is 1. The molecule has 0 aliphatic heterocycles. The van der Waals surface area contributed by atoms with E-state index in [4.69, 9.17) is 4.74 Å². The van der Waals surface area contributed by atoms with Crippen molar-refractivity contribution in [1.29, 1.82) is 5.26 Å². The summed E-state index contributed by atoms with van der Waals surface area (Å²) in [5.74, 6) is 0.153. The van der Waals surface area contributed by atoms with Crippen LogP contribution in [0.4, 0.5) is 0 Å². The van der Waals surface area contributed by atoms with Crippen LogP contribution in [0.2, 0.25) is 0 Å². The summed E-state index contributed by atoms with van der Waals surface area (Å²) < 4.78 is 6.96. The number of carbonyl (C=O) groups is 1. The number of nitrogens with zero attached hydrogens (tertiary/aromatic N) is 4. The van der Waals surface area contributed by atoms with Gasteiger partial charge in [0.25, 0.3) is 0 Å². The summed E-state index contributed by atoms with van der Waals surface area (Å²) in [6.45, 7) is 1.89. The molecule has 130 valence electrons. The number of ether oxygens (including phenoxy) is 1. The Bertz CT molecular complexity index is 987. The third-order valence-corrected chi connectivity index (χ3v) is 4.28. The summed E-state index contributed by atoms with van der Waals surface area (Å²) in [6.07, 6.45) is 0. The van der Waals surface area contributed by atoms with Gasteiger partial charge in [-0.15, -0.1) is 10.2 Å². The van der Waals surface area contributed by atoms with Crippen LogP contribution in [0.5, 0.6) is 5.75 Å². The lowest BCUT2D eigenvalue weighted by Crippen LogP contribution is -2.16. The number of nitriles is 1. The van der Waals surface area contributed by atoms with Crippen LogP contribution in [-0.4, -0.2) is 27.7 Å². The highest BCUT2D eigenvalue weighted by atomic mass is 16.5. The van der Waals surface area contributed by atoms with Crippen molar-refractivity contribution in [3.05, 3.63) is 65.5 Å². The van der Waals surface area contributed by atoms with Crippen molar-refractivity contribution in [3.8, 4) is 23.2 Å². The number of rotatable bonds is 5. The van der Waals surface area contributed by atoms with Gasteiger partial charge in [-0.25, -0.2) is 0 Å². The number of hydrogen-bond acceptors (Lipinski definition) is 5. The highest BCUT2D eigenvalue weighted by molar-refractivity contribution is 6.02. The largest absolute Gasteiger partial charge is 0.496 e. The first-order chi connectivity index (χ1) is 12.6. The molecule has 1 heterocycles. The van der Waals surface area contributed by atoms with Crippen LogP contribution in [0.15, 0.2) is 48.5 Å². The van der Waals surface area contributed by atoms with Crippen LogP contribution >= 0.6 is 0 Å². The smallest absolute Gasteiger partial charge is 0.187 e. The average molecular weight is 346 g/mol. The molecule has 6 nitrogen and oxygen atoms in total. The van der Waals surface area contributed by atoms with Gasteiger partial charge in [-0.1, -0.05) is 42.5 Å². The Morgan fingerprint density at radius 1 is 1.19 bits per heavy atom. The molecule has 26 heavy (non-hydrogen) atoms. The first kappa shape index (κ1) is 17.4. The minimum Gasteiger partial charge on any atom is -0.496 e. The molecule has 0 bridgehead atoms. The van der Waals surface area contributed by atoms with E-state index in [9.17, 15) is 10.1 Å². The van der Waals surface area contributed by atoms with E-state index in [0.717, 1.165) is 11.1 Å². The van der Waals surface area contributed by atoms with Crippen LogP contribution in [0.1, 0.15) is 27.7 Å². The van der Waals surface area contributed by atoms with Gasteiger partial charge < -0.3 is 9.30 Å². The predicted octanol–water partition coefficient (Wildman–Crippen LogP) is 3.29. The number of aryl methyl sites for hydroxylation is 1. The quantitative estimate of drug-likeness (QED) is 0.662. The number of Topliss-reactive ketones (excluding diaryl/α,β-unsaturated/α-hetero) is 1. The maximum atomic E-state index is 12.9. The van der Waals surface area contributed by atoms with E-state index in [2.05, 4.69) is 16.3 Å². The van der Waals surface area contributed by atoms with Crippen molar-refractivity contribution in [1.82, 2.24) is 14.8 Å². The molecule has 1 atom stereocenters. The van der Waals surface area contributed by atoms with E-state index in [1.54, 1.807) is 36.9 Å². The second kappa shape index (κ2) is 7.19. The van der Waals surface area contributed by atoms with Crippen molar-refractivity contribution in [3.63, 3.8) is 0 Å². The van der Waals surface area contributed by atoms with Gasteiger partial charge in [0.05, 0.1) is 13.2 Å². The van der Waals surface area contributed by atoms with E-state index >= 15 is 0 Å². The maximum Gasteiger partial charge on any atom is 0.187 e. The Labute approximate surface area is 151 Å². The van der Waals surface area contributed by atoms with E-state index < -0.39 is 5.92 Å². The molecule has 0 radical (unpaired) electrons. The van der Waals surface area contributed by atoms with Crippen LogP contribution < -0.4 is 4.74 Å². The molecule has 0 amide bonds. The minimum absolute atomic E-state index is 0.316. The lowest BCUT2D eigenvalue weighted by Gasteiger charge is -2.11. The minimum atomic E-state index is -1.04. The van der Waals surface area contributed by atoms with E-state index in [1.807, 2.05) is 37.3 Å². The molecule has 0 spiro atoms. The predicted molar refractivity (Wildman–Crippen MR) is 96.9 cm³/mol. The molecule has 3 rings (SSSR count). The van der Waals surface area contributed by atoms with E-state index in [0.29, 0.717) is 23.0 Å². The van der Waals surface area contributed by atoms with Crippen molar-refractivity contribution in [2.24, 2.45) is 7.05 Å². The Balaban J connectivity index is 1.99. The third-order valence-electron chi connectivity index (χ3n) is 4.28. The Hall–Kier alpha value is -3.46. The van der Waals surface area contributed by atoms with Gasteiger partial charge in [-0.2, -0.15) is 5.26 Å². The lowest BCUT2D eigenvalue weighted by molar-refractivity contribution is 0.0974. The van der Waals surface area contributed by atoms with Crippen LogP contribution in [0.3, 0.4) is 0 Å². The van der Waals surface area contributed by atoms with Gasteiger partial charge in [-0.05, 0) is 18.6 Å². The van der Waals surface area contributed by atoms with Crippen molar-refractivity contribution in [2.45, 2.75) is 12.8 Å². The first-order valence-corrected chi connectivity index (χ1v) is 8.10. The topological polar surface area (TPSA) is 80.8 Å². The fourth-order valence-corrected chi connectivity index (χ4v) is 2.80. The number of aromatic nitrogens is 3. The second-order valence-electron chi connectivity index (χ2n) is 5.92. The summed E-state index contributed by atoms with van der Waals surface area (Å²) in [5.41, 5.74) is 2.20. The monoisotopic (exact) mass is 346 g/mol. The Morgan fingerprint density at radius 2 is 1.92 bits per heavy atom. The molecule has 0 aliphatic rings. The van der Waals surface area contributed by atoms with E-state index in [-0.39, 0.29) is 5.78 Å². The third kappa shape index (κ3) is 3.07. The van der Waals surface area contributed by atoms with Gasteiger partial charge in [0.15, 0.2) is 23.3 Å². The molecule has 0 unspecified atom stereocenters. The summed E-state index contributed by atoms with van der Waals surface area (Å²) in [5, 5.41) is 17.9. The van der Waals surface area contributed by atoms with Gasteiger partial charge in [0, 0.05) is 18.2 Å². The van der Waals surface area contributed by atoms with Crippen molar-refractivity contribution in [2.75, 3.05) is 7.11 Å². The van der Waals surface area contributed by atoms with Crippen LogP contribution in [-0.2, 0) is 7.05 Å². The molecule has 3 aromatic rings. The van der Waals surface area contributed by atoms with Gasteiger partial charge >= 0.3 is 0 Å². The fourth-order valence-electron chi connectivity index (χ4n) is 2.80. The van der Waals surface area contributed by atoms with E-state index in [1.165, 1.54) is 0 Å². The average Bonchev–Trinajstić information content (AvgIpc) is 3.05. The molecule has 0 aliphatic carbocycles. The summed E-state index contributed by atoms with van der Waals surface area (Å²) in [6, 6.07) is 16.7. The zero-order valence-corrected chi connectivity index (χ0v) is 14.8. The molecule has 6 heteroatoms. The van der Waals surface area contributed by atoms with Crippen molar-refractivity contribution >= 4 is 5.78 Å². The molecule has 0 fully saturated rings. The number of methoxy groups -OCH3 is 1. The highest BCUT2D eigenvalue weighted by Gasteiger charge is 2.28. The number of benzene rings is 2. The van der Waals surface area contributed by atoms with Crippen molar-refractivity contribution < 1.29 is 9.53 Å². The van der Waals surface area contributed by atoms with Gasteiger partial charge in [0.2, 0.25) is 0 Å². The van der Waals surface area contributed by atoms with Crippen LogP contribution in [0.25, 0.3) is 11.4 Å². The standard InChI is InChI=1S/C20H18N4O2/c1-13-9-10-15(11-17(13)26-3)18(25)16(12-21)20-23-22-19(24(20)2)14-7-5-4-6-8-14/h4-11,16H,1-3H3/t16-/m0/s1. The molecule has 0 saturated carbocycles.